The monoisotopic (exact) mass is 345 g/mol. The van der Waals surface area contributed by atoms with Crippen molar-refractivity contribution >= 4 is 17.3 Å². The highest BCUT2D eigenvalue weighted by molar-refractivity contribution is 6.03. The third kappa shape index (κ3) is 4.93. The van der Waals surface area contributed by atoms with E-state index in [1.807, 2.05) is 43.3 Å². The van der Waals surface area contributed by atoms with Gasteiger partial charge in [0.05, 0.1) is 0 Å². The van der Waals surface area contributed by atoms with Gasteiger partial charge < -0.3 is 10.6 Å². The number of rotatable bonds is 7. The van der Waals surface area contributed by atoms with E-state index < -0.39 is 0 Å². The number of para-hydroxylation sites is 1. The molecule has 4 nitrogen and oxygen atoms in total. The van der Waals surface area contributed by atoms with Crippen LogP contribution in [0.5, 0.6) is 0 Å². The van der Waals surface area contributed by atoms with Crippen molar-refractivity contribution < 1.29 is 4.79 Å². The minimum atomic E-state index is -0.202. The molecule has 0 aliphatic heterocycles. The van der Waals surface area contributed by atoms with Crippen molar-refractivity contribution in [2.45, 2.75) is 19.8 Å². The lowest BCUT2D eigenvalue weighted by Crippen LogP contribution is -2.15. The van der Waals surface area contributed by atoms with Gasteiger partial charge in [-0.15, -0.1) is 0 Å². The van der Waals surface area contributed by atoms with E-state index in [0.29, 0.717) is 5.69 Å². The molecule has 4 heteroatoms. The number of pyridine rings is 1. The molecule has 2 N–H and O–H groups in total. The van der Waals surface area contributed by atoms with Crippen LogP contribution in [0, 0.1) is 6.92 Å². The molecule has 0 unspecified atom stereocenters. The van der Waals surface area contributed by atoms with Crippen LogP contribution in [0.2, 0.25) is 0 Å². The number of aryl methyl sites for hydroxylation is 2. The van der Waals surface area contributed by atoms with Crippen molar-refractivity contribution in [3.05, 3.63) is 89.7 Å². The van der Waals surface area contributed by atoms with Gasteiger partial charge in [0.2, 0.25) is 0 Å². The van der Waals surface area contributed by atoms with E-state index in [4.69, 9.17) is 0 Å². The Morgan fingerprint density at radius 1 is 1.00 bits per heavy atom. The first kappa shape index (κ1) is 17.7. The minimum Gasteiger partial charge on any atom is -0.385 e. The van der Waals surface area contributed by atoms with Crippen molar-refractivity contribution in [3.63, 3.8) is 0 Å². The maximum absolute atomic E-state index is 12.4. The lowest BCUT2D eigenvalue weighted by atomic mass is 10.1. The van der Waals surface area contributed by atoms with Crippen LogP contribution in [0.1, 0.15) is 28.0 Å². The maximum Gasteiger partial charge on any atom is 0.274 e. The molecule has 132 valence electrons. The molecular weight excluding hydrogens is 322 g/mol. The van der Waals surface area contributed by atoms with Gasteiger partial charge in [0, 0.05) is 24.1 Å². The number of carbonyl (C=O) groups is 1. The first-order valence-electron chi connectivity index (χ1n) is 8.83. The number of anilines is 2. The molecule has 0 saturated heterocycles. The normalized spacial score (nSPS) is 10.3. The summed E-state index contributed by atoms with van der Waals surface area (Å²) in [6.07, 6.45) is 3.71. The Kier molecular flexibility index (Phi) is 5.99. The van der Waals surface area contributed by atoms with Gasteiger partial charge in [-0.2, -0.15) is 0 Å². The van der Waals surface area contributed by atoms with Crippen LogP contribution in [-0.4, -0.2) is 17.4 Å². The number of aromatic nitrogens is 1. The average Bonchev–Trinajstić information content (AvgIpc) is 2.68. The smallest absolute Gasteiger partial charge is 0.274 e. The molecule has 2 aromatic carbocycles. The average molecular weight is 345 g/mol. The van der Waals surface area contributed by atoms with Crippen LogP contribution in [0.3, 0.4) is 0 Å². The molecule has 0 fully saturated rings. The van der Waals surface area contributed by atoms with Crippen molar-refractivity contribution in [2.24, 2.45) is 0 Å². The van der Waals surface area contributed by atoms with Crippen LogP contribution in [-0.2, 0) is 6.42 Å². The number of hydrogen-bond donors (Lipinski definition) is 2. The second kappa shape index (κ2) is 8.81. The SMILES string of the molecule is Cc1ccccc1NC(=O)c1cc(NCCCc2ccccc2)ccn1. The van der Waals surface area contributed by atoms with Gasteiger partial charge in [-0.05, 0) is 49.1 Å². The summed E-state index contributed by atoms with van der Waals surface area (Å²) in [4.78, 5) is 16.6. The number of hydrogen-bond acceptors (Lipinski definition) is 3. The zero-order chi connectivity index (χ0) is 18.2. The Morgan fingerprint density at radius 2 is 1.77 bits per heavy atom. The van der Waals surface area contributed by atoms with Crippen LogP contribution in [0.4, 0.5) is 11.4 Å². The van der Waals surface area contributed by atoms with Crippen molar-refractivity contribution in [3.8, 4) is 0 Å². The molecule has 0 bridgehead atoms. The van der Waals surface area contributed by atoms with Crippen molar-refractivity contribution in [2.75, 3.05) is 17.2 Å². The van der Waals surface area contributed by atoms with E-state index in [1.54, 1.807) is 12.3 Å². The first-order chi connectivity index (χ1) is 12.7. The topological polar surface area (TPSA) is 54.0 Å². The zero-order valence-electron chi connectivity index (χ0n) is 14.9. The fourth-order valence-electron chi connectivity index (χ4n) is 2.73. The fraction of sp³-hybridized carbons (Fsp3) is 0.182. The molecule has 1 amide bonds. The van der Waals surface area contributed by atoms with Gasteiger partial charge in [0.25, 0.3) is 5.91 Å². The highest BCUT2D eigenvalue weighted by Crippen LogP contribution is 2.15. The van der Waals surface area contributed by atoms with Crippen LogP contribution >= 0.6 is 0 Å². The second-order valence-electron chi connectivity index (χ2n) is 6.21. The maximum atomic E-state index is 12.4. The van der Waals surface area contributed by atoms with Crippen molar-refractivity contribution in [1.29, 1.82) is 0 Å². The summed E-state index contributed by atoms with van der Waals surface area (Å²) in [5, 5.41) is 6.28. The largest absolute Gasteiger partial charge is 0.385 e. The van der Waals surface area contributed by atoms with Gasteiger partial charge in [-0.3, -0.25) is 9.78 Å². The summed E-state index contributed by atoms with van der Waals surface area (Å²) in [6.45, 7) is 2.81. The fourth-order valence-corrected chi connectivity index (χ4v) is 2.73. The van der Waals surface area contributed by atoms with E-state index in [-0.39, 0.29) is 5.91 Å². The van der Waals surface area contributed by atoms with E-state index in [2.05, 4.69) is 39.9 Å². The van der Waals surface area contributed by atoms with Crippen molar-refractivity contribution in [1.82, 2.24) is 4.98 Å². The van der Waals surface area contributed by atoms with E-state index in [9.17, 15) is 4.79 Å². The molecule has 0 aliphatic carbocycles. The molecule has 0 spiro atoms. The molecule has 0 aliphatic rings. The Labute approximate surface area is 154 Å². The molecule has 0 atom stereocenters. The molecule has 26 heavy (non-hydrogen) atoms. The number of benzene rings is 2. The molecule has 0 saturated carbocycles. The van der Waals surface area contributed by atoms with Gasteiger partial charge in [-0.25, -0.2) is 0 Å². The molecule has 1 heterocycles. The summed E-state index contributed by atoms with van der Waals surface area (Å²) >= 11 is 0. The lowest BCUT2D eigenvalue weighted by molar-refractivity contribution is 0.102. The predicted molar refractivity (Wildman–Crippen MR) is 107 cm³/mol. The third-order valence-corrected chi connectivity index (χ3v) is 4.20. The summed E-state index contributed by atoms with van der Waals surface area (Å²) in [6, 6.07) is 21.8. The summed E-state index contributed by atoms with van der Waals surface area (Å²) < 4.78 is 0. The molecule has 3 rings (SSSR count). The summed E-state index contributed by atoms with van der Waals surface area (Å²) in [5.41, 5.74) is 4.48. The minimum absolute atomic E-state index is 0.202. The highest BCUT2D eigenvalue weighted by Gasteiger charge is 2.09. The highest BCUT2D eigenvalue weighted by atomic mass is 16.1. The summed E-state index contributed by atoms with van der Waals surface area (Å²) in [5.74, 6) is -0.202. The predicted octanol–water partition coefficient (Wildman–Crippen LogP) is 4.69. The zero-order valence-corrected chi connectivity index (χ0v) is 14.9. The van der Waals surface area contributed by atoms with E-state index in [0.717, 1.165) is 36.3 Å². The Morgan fingerprint density at radius 3 is 2.58 bits per heavy atom. The first-order valence-corrected chi connectivity index (χ1v) is 8.83. The van der Waals surface area contributed by atoms with Gasteiger partial charge in [-0.1, -0.05) is 48.5 Å². The Hall–Kier alpha value is -3.14. The Balaban J connectivity index is 1.54. The third-order valence-electron chi connectivity index (χ3n) is 4.20. The molecule has 3 aromatic rings. The lowest BCUT2D eigenvalue weighted by Gasteiger charge is -2.10. The number of nitrogens with zero attached hydrogens (tertiary/aromatic N) is 1. The van der Waals surface area contributed by atoms with Gasteiger partial charge >= 0.3 is 0 Å². The van der Waals surface area contributed by atoms with Gasteiger partial charge in [0.1, 0.15) is 5.69 Å². The second-order valence-corrected chi connectivity index (χ2v) is 6.21. The van der Waals surface area contributed by atoms with E-state index >= 15 is 0 Å². The molecule has 1 aromatic heterocycles. The summed E-state index contributed by atoms with van der Waals surface area (Å²) in [7, 11) is 0. The molecule has 0 radical (unpaired) electrons. The quantitative estimate of drug-likeness (QED) is 0.611. The number of nitrogens with one attached hydrogen (secondary N) is 2. The molecular formula is C22H23N3O. The van der Waals surface area contributed by atoms with Crippen LogP contribution in [0.15, 0.2) is 72.9 Å². The Bertz CT molecular complexity index is 862. The number of amides is 1. The van der Waals surface area contributed by atoms with E-state index in [1.165, 1.54) is 5.56 Å². The number of carbonyl (C=O) groups excluding carboxylic acids is 1. The van der Waals surface area contributed by atoms with Gasteiger partial charge in [0.15, 0.2) is 0 Å². The van der Waals surface area contributed by atoms with Crippen LogP contribution < -0.4 is 10.6 Å². The standard InChI is InChI=1S/C22H23N3O/c1-17-8-5-6-12-20(17)25-22(26)21-16-19(13-15-24-21)23-14-7-11-18-9-3-2-4-10-18/h2-6,8-10,12-13,15-16H,7,11,14H2,1H3,(H,23,24)(H,25,26). The van der Waals surface area contributed by atoms with Crippen LogP contribution in [0.25, 0.3) is 0 Å².